The third-order valence-corrected chi connectivity index (χ3v) is 2.35. The van der Waals surface area contributed by atoms with E-state index < -0.39 is 0 Å². The van der Waals surface area contributed by atoms with Crippen molar-refractivity contribution in [1.82, 2.24) is 3.53 Å². The maximum atomic E-state index is 5.41. The van der Waals surface area contributed by atoms with Crippen LogP contribution < -0.4 is 3.53 Å². The molecule has 4 heteroatoms. The lowest BCUT2D eigenvalue weighted by molar-refractivity contribution is 0.0448. The molecule has 1 aliphatic rings. The van der Waals surface area contributed by atoms with Crippen molar-refractivity contribution in [2.24, 2.45) is 0 Å². The van der Waals surface area contributed by atoms with E-state index in [0.717, 1.165) is 19.8 Å². The molecule has 0 aliphatic carbocycles. The van der Waals surface area contributed by atoms with Gasteiger partial charge < -0.3 is 9.47 Å². The average Bonchev–Trinajstić information content (AvgIpc) is 2.36. The Hall–Kier alpha value is 0.610. The SMILES string of the molecule is CCO[C@@H]1COC[C@@H]1NI. The Morgan fingerprint density at radius 2 is 2.50 bits per heavy atom. The van der Waals surface area contributed by atoms with Gasteiger partial charge in [0.15, 0.2) is 0 Å². The fourth-order valence-corrected chi connectivity index (χ4v) is 1.60. The molecule has 0 unspecified atom stereocenters. The zero-order valence-electron chi connectivity index (χ0n) is 5.97. The molecule has 0 saturated carbocycles. The third-order valence-electron chi connectivity index (χ3n) is 1.55. The molecule has 0 aromatic rings. The van der Waals surface area contributed by atoms with Crippen molar-refractivity contribution in [2.75, 3.05) is 19.8 Å². The van der Waals surface area contributed by atoms with E-state index >= 15 is 0 Å². The molecule has 10 heavy (non-hydrogen) atoms. The second kappa shape index (κ2) is 4.48. The van der Waals surface area contributed by atoms with Crippen LogP contribution >= 0.6 is 22.9 Å². The smallest absolute Gasteiger partial charge is 0.0990 e. The lowest BCUT2D eigenvalue weighted by Crippen LogP contribution is -2.35. The van der Waals surface area contributed by atoms with Gasteiger partial charge in [0.05, 0.1) is 25.4 Å². The first-order chi connectivity index (χ1) is 4.88. The predicted octanol–water partition coefficient (Wildman–Crippen LogP) is 0.730. The zero-order valence-corrected chi connectivity index (χ0v) is 8.13. The molecule has 2 atom stereocenters. The minimum absolute atomic E-state index is 0.252. The molecule has 0 radical (unpaired) electrons. The van der Waals surface area contributed by atoms with Gasteiger partial charge in [-0.05, 0) is 6.92 Å². The molecule has 1 N–H and O–H groups in total. The summed E-state index contributed by atoms with van der Waals surface area (Å²) in [5.41, 5.74) is 0. The van der Waals surface area contributed by atoms with Gasteiger partial charge in [-0.3, -0.25) is 3.53 Å². The van der Waals surface area contributed by atoms with Crippen LogP contribution in [0.5, 0.6) is 0 Å². The topological polar surface area (TPSA) is 30.5 Å². The van der Waals surface area contributed by atoms with Crippen LogP contribution in [0.25, 0.3) is 0 Å². The Balaban J connectivity index is 2.27. The fourth-order valence-electron chi connectivity index (χ4n) is 1.01. The van der Waals surface area contributed by atoms with Crippen molar-refractivity contribution in [3.05, 3.63) is 0 Å². The number of ether oxygens (including phenoxy) is 2. The summed E-state index contributed by atoms with van der Waals surface area (Å²) in [6, 6.07) is 0.376. The van der Waals surface area contributed by atoms with Crippen LogP contribution in [0, 0.1) is 0 Å². The van der Waals surface area contributed by atoms with Gasteiger partial charge in [-0.25, -0.2) is 0 Å². The number of halogens is 1. The lowest BCUT2D eigenvalue weighted by atomic mass is 10.2. The molecule has 1 aliphatic heterocycles. The van der Waals surface area contributed by atoms with Gasteiger partial charge in [0.25, 0.3) is 0 Å². The normalized spacial score (nSPS) is 33.0. The molecule has 0 amide bonds. The predicted molar refractivity (Wildman–Crippen MR) is 47.2 cm³/mol. The number of rotatable bonds is 3. The van der Waals surface area contributed by atoms with E-state index in [1.807, 2.05) is 6.92 Å². The summed E-state index contributed by atoms with van der Waals surface area (Å²) in [5, 5.41) is 0. The first-order valence-electron chi connectivity index (χ1n) is 3.44. The summed E-state index contributed by atoms with van der Waals surface area (Å²) in [7, 11) is 0. The molecule has 0 aromatic heterocycles. The number of nitrogens with one attached hydrogen (secondary N) is 1. The number of hydrogen-bond acceptors (Lipinski definition) is 3. The summed E-state index contributed by atoms with van der Waals surface area (Å²) in [5.74, 6) is 0. The van der Waals surface area contributed by atoms with Gasteiger partial charge in [0.2, 0.25) is 0 Å². The average molecular weight is 257 g/mol. The van der Waals surface area contributed by atoms with Crippen molar-refractivity contribution in [1.29, 1.82) is 0 Å². The van der Waals surface area contributed by atoms with E-state index in [2.05, 4.69) is 26.4 Å². The molecule has 1 rings (SSSR count). The minimum atomic E-state index is 0.252. The van der Waals surface area contributed by atoms with Crippen LogP contribution in [-0.4, -0.2) is 32.0 Å². The summed E-state index contributed by atoms with van der Waals surface area (Å²) in [6.45, 7) is 4.27. The highest BCUT2D eigenvalue weighted by atomic mass is 127. The Morgan fingerprint density at radius 3 is 3.10 bits per heavy atom. The highest BCUT2D eigenvalue weighted by molar-refractivity contribution is 14.1. The zero-order chi connectivity index (χ0) is 7.40. The molecule has 1 saturated heterocycles. The van der Waals surface area contributed by atoms with Crippen molar-refractivity contribution in [3.8, 4) is 0 Å². The van der Waals surface area contributed by atoms with Crippen LogP contribution in [0.2, 0.25) is 0 Å². The van der Waals surface area contributed by atoms with Gasteiger partial charge >= 0.3 is 0 Å². The van der Waals surface area contributed by atoms with Crippen molar-refractivity contribution in [3.63, 3.8) is 0 Å². The monoisotopic (exact) mass is 257 g/mol. The van der Waals surface area contributed by atoms with Crippen molar-refractivity contribution in [2.45, 2.75) is 19.1 Å². The maximum absolute atomic E-state index is 5.41. The van der Waals surface area contributed by atoms with Gasteiger partial charge in [-0.1, -0.05) is 0 Å². The van der Waals surface area contributed by atoms with E-state index in [4.69, 9.17) is 9.47 Å². The molecule has 0 bridgehead atoms. The molecular weight excluding hydrogens is 245 g/mol. The lowest BCUT2D eigenvalue weighted by Gasteiger charge is -2.14. The summed E-state index contributed by atoms with van der Waals surface area (Å²) in [6.07, 6.45) is 0.252. The quantitative estimate of drug-likeness (QED) is 0.597. The Bertz CT molecular complexity index is 102. The summed E-state index contributed by atoms with van der Waals surface area (Å²) in [4.78, 5) is 0. The second-order valence-corrected chi connectivity index (χ2v) is 2.87. The van der Waals surface area contributed by atoms with Gasteiger partial charge in [0, 0.05) is 29.5 Å². The van der Waals surface area contributed by atoms with E-state index in [9.17, 15) is 0 Å². The maximum Gasteiger partial charge on any atom is 0.0990 e. The van der Waals surface area contributed by atoms with Crippen molar-refractivity contribution >= 4 is 22.9 Å². The van der Waals surface area contributed by atoms with Crippen LogP contribution in [0.1, 0.15) is 6.92 Å². The molecule has 60 valence electrons. The fraction of sp³-hybridized carbons (Fsp3) is 1.00. The van der Waals surface area contributed by atoms with Gasteiger partial charge in [-0.2, -0.15) is 0 Å². The molecule has 1 fully saturated rings. The largest absolute Gasteiger partial charge is 0.377 e. The minimum Gasteiger partial charge on any atom is -0.377 e. The van der Waals surface area contributed by atoms with Crippen LogP contribution in [0.15, 0.2) is 0 Å². The van der Waals surface area contributed by atoms with Gasteiger partial charge in [-0.15, -0.1) is 0 Å². The van der Waals surface area contributed by atoms with Crippen molar-refractivity contribution < 1.29 is 9.47 Å². The molecule has 0 spiro atoms. The van der Waals surface area contributed by atoms with E-state index in [-0.39, 0.29) is 6.10 Å². The van der Waals surface area contributed by atoms with E-state index in [1.165, 1.54) is 0 Å². The molecule has 0 aromatic carbocycles. The molecule has 1 heterocycles. The van der Waals surface area contributed by atoms with Gasteiger partial charge in [0.1, 0.15) is 0 Å². The Kier molecular flexibility index (Phi) is 3.90. The van der Waals surface area contributed by atoms with E-state index in [1.54, 1.807) is 0 Å². The van der Waals surface area contributed by atoms with Crippen LogP contribution in [0.4, 0.5) is 0 Å². The molecular formula is C6H12INO2. The van der Waals surface area contributed by atoms with Crippen LogP contribution in [-0.2, 0) is 9.47 Å². The first-order valence-corrected chi connectivity index (χ1v) is 4.52. The third kappa shape index (κ3) is 2.05. The Morgan fingerprint density at radius 1 is 1.70 bits per heavy atom. The highest BCUT2D eigenvalue weighted by Gasteiger charge is 2.27. The standard InChI is InChI=1S/C6H12INO2/c1-2-10-6-4-9-3-5(6)8-7/h5-6,8H,2-4H2,1H3/t5-,6+/m0/s1. The first kappa shape index (κ1) is 8.70. The highest BCUT2D eigenvalue weighted by Crippen LogP contribution is 2.10. The molecule has 3 nitrogen and oxygen atoms in total. The second-order valence-electron chi connectivity index (χ2n) is 2.25. The summed E-state index contributed by atoms with van der Waals surface area (Å²) >= 11 is 2.13. The Labute approximate surface area is 75.0 Å². The van der Waals surface area contributed by atoms with Crippen LogP contribution in [0.3, 0.4) is 0 Å². The summed E-state index contributed by atoms with van der Waals surface area (Å²) < 4.78 is 13.8. The number of hydrogen-bond donors (Lipinski definition) is 1. The van der Waals surface area contributed by atoms with E-state index in [0.29, 0.717) is 6.04 Å².